The fourth-order valence-corrected chi connectivity index (χ4v) is 7.65. The zero-order valence-electron chi connectivity index (χ0n) is 19.1. The second kappa shape index (κ2) is 10.2. The van der Waals surface area contributed by atoms with Crippen LogP contribution in [0.25, 0.3) is 5.69 Å². The molecular formula is C24H34N4O4S. The highest BCUT2D eigenvalue weighted by Gasteiger charge is 2.36. The summed E-state index contributed by atoms with van der Waals surface area (Å²) in [6.45, 7) is 1.66. The van der Waals surface area contributed by atoms with Crippen LogP contribution >= 0.6 is 0 Å². The predicted molar refractivity (Wildman–Crippen MR) is 122 cm³/mol. The van der Waals surface area contributed by atoms with Gasteiger partial charge in [-0.15, -0.1) is 0 Å². The fraction of sp³-hybridized carbons (Fsp3) is 0.708. The molecule has 0 unspecified atom stereocenters. The molecule has 180 valence electrons. The van der Waals surface area contributed by atoms with Gasteiger partial charge in [0.2, 0.25) is 9.84 Å². The van der Waals surface area contributed by atoms with Crippen LogP contribution in [-0.4, -0.2) is 53.9 Å². The highest BCUT2D eigenvalue weighted by molar-refractivity contribution is 7.91. The molecule has 2 heterocycles. The molecule has 1 aromatic carbocycles. The van der Waals surface area contributed by atoms with Crippen molar-refractivity contribution in [1.82, 2.24) is 20.2 Å². The lowest BCUT2D eigenvalue weighted by Crippen LogP contribution is -2.36. The Hall–Kier alpha value is -1.84. The highest BCUT2D eigenvalue weighted by Crippen LogP contribution is 2.43. The fourth-order valence-electron chi connectivity index (χ4n) is 5.98. The van der Waals surface area contributed by atoms with E-state index in [1.54, 1.807) is 0 Å². The molecule has 5 rings (SSSR count). The minimum Gasteiger partial charge on any atom is -0.352 e. The maximum Gasteiger partial charge on any atom is 0.272 e. The number of ether oxygens (including phenoxy) is 2. The van der Waals surface area contributed by atoms with Crippen LogP contribution in [0.5, 0.6) is 0 Å². The highest BCUT2D eigenvalue weighted by atomic mass is 32.2. The minimum absolute atomic E-state index is 0.00747. The molecule has 3 aliphatic rings. The molecule has 0 N–H and O–H groups in total. The molecule has 3 fully saturated rings. The maximum absolute atomic E-state index is 13.1. The molecule has 33 heavy (non-hydrogen) atoms. The van der Waals surface area contributed by atoms with Gasteiger partial charge >= 0.3 is 0 Å². The van der Waals surface area contributed by atoms with Crippen molar-refractivity contribution in [3.05, 3.63) is 30.3 Å². The molecule has 1 aromatic heterocycles. The summed E-state index contributed by atoms with van der Waals surface area (Å²) in [7, 11) is -3.56. The first-order chi connectivity index (χ1) is 16.1. The summed E-state index contributed by atoms with van der Waals surface area (Å²) < 4.78 is 39.3. The topological polar surface area (TPSA) is 96.2 Å². The van der Waals surface area contributed by atoms with E-state index in [0.29, 0.717) is 17.5 Å². The van der Waals surface area contributed by atoms with Crippen LogP contribution in [0, 0.1) is 23.7 Å². The Morgan fingerprint density at radius 2 is 1.45 bits per heavy atom. The monoisotopic (exact) mass is 474 g/mol. The van der Waals surface area contributed by atoms with E-state index >= 15 is 0 Å². The van der Waals surface area contributed by atoms with E-state index in [9.17, 15) is 8.42 Å². The molecule has 0 amide bonds. The van der Waals surface area contributed by atoms with Gasteiger partial charge < -0.3 is 9.47 Å². The van der Waals surface area contributed by atoms with Gasteiger partial charge in [0.05, 0.1) is 24.7 Å². The number of hydrogen-bond donors (Lipinski definition) is 0. The zero-order valence-corrected chi connectivity index (χ0v) is 19.9. The third-order valence-corrected chi connectivity index (χ3v) is 9.51. The largest absolute Gasteiger partial charge is 0.352 e. The summed E-state index contributed by atoms with van der Waals surface area (Å²) in [6, 6.07) is 9.18. The van der Waals surface area contributed by atoms with Crippen molar-refractivity contribution in [3.63, 3.8) is 0 Å². The Bertz CT molecular complexity index is 990. The van der Waals surface area contributed by atoms with Gasteiger partial charge in [0.1, 0.15) is 0 Å². The molecule has 0 bridgehead atoms. The lowest BCUT2D eigenvalue weighted by molar-refractivity contribution is -0.211. The smallest absolute Gasteiger partial charge is 0.272 e. The van der Waals surface area contributed by atoms with Gasteiger partial charge in [-0.3, -0.25) is 0 Å². The van der Waals surface area contributed by atoms with E-state index in [1.165, 1.54) is 30.4 Å². The number of rotatable bonds is 6. The second-order valence-electron chi connectivity index (χ2n) is 9.91. The first kappa shape index (κ1) is 22.9. The number of nitrogens with zero attached hydrogens (tertiary/aromatic N) is 4. The van der Waals surface area contributed by atoms with Crippen molar-refractivity contribution in [2.24, 2.45) is 23.7 Å². The summed E-state index contributed by atoms with van der Waals surface area (Å²) in [5, 5.41) is 11.4. The number of aromatic nitrogens is 4. The summed E-state index contributed by atoms with van der Waals surface area (Å²) in [5.74, 6) is 2.31. The molecule has 1 saturated heterocycles. The first-order valence-corrected chi connectivity index (χ1v) is 14.0. The van der Waals surface area contributed by atoms with Crippen molar-refractivity contribution >= 4 is 9.84 Å². The Morgan fingerprint density at radius 3 is 2.12 bits per heavy atom. The van der Waals surface area contributed by atoms with E-state index in [2.05, 4.69) is 15.5 Å². The van der Waals surface area contributed by atoms with Crippen LogP contribution in [0.4, 0.5) is 0 Å². The Kier molecular flexibility index (Phi) is 7.08. The first-order valence-electron chi connectivity index (χ1n) is 12.4. The molecule has 0 radical (unpaired) electrons. The van der Waals surface area contributed by atoms with Crippen molar-refractivity contribution in [2.45, 2.75) is 69.2 Å². The molecule has 2 aliphatic carbocycles. The van der Waals surface area contributed by atoms with Crippen LogP contribution in [0.15, 0.2) is 35.5 Å². The predicted octanol–water partition coefficient (Wildman–Crippen LogP) is 3.81. The van der Waals surface area contributed by atoms with Gasteiger partial charge in [0.15, 0.2) is 6.29 Å². The van der Waals surface area contributed by atoms with Gasteiger partial charge in [-0.05, 0) is 98.1 Å². The van der Waals surface area contributed by atoms with Gasteiger partial charge in [-0.25, -0.2) is 8.42 Å². The molecule has 2 saturated carbocycles. The number of tetrazole rings is 1. The number of benzene rings is 1. The Labute approximate surface area is 196 Å². The van der Waals surface area contributed by atoms with E-state index in [-0.39, 0.29) is 23.1 Å². The molecular weight excluding hydrogens is 440 g/mol. The molecule has 2 aromatic rings. The van der Waals surface area contributed by atoms with E-state index in [0.717, 1.165) is 51.2 Å². The third-order valence-electron chi connectivity index (χ3n) is 7.79. The molecule has 0 spiro atoms. The van der Waals surface area contributed by atoms with Crippen molar-refractivity contribution in [1.29, 1.82) is 0 Å². The Balaban J connectivity index is 1.13. The number of sulfone groups is 1. The lowest BCUT2D eigenvalue weighted by Gasteiger charge is -2.40. The summed E-state index contributed by atoms with van der Waals surface area (Å²) in [6.07, 6.45) is 10.0. The van der Waals surface area contributed by atoms with Gasteiger partial charge in [-0.1, -0.05) is 23.3 Å². The summed E-state index contributed by atoms with van der Waals surface area (Å²) in [4.78, 5) is 0. The van der Waals surface area contributed by atoms with E-state index in [1.807, 2.05) is 30.3 Å². The van der Waals surface area contributed by atoms with Crippen LogP contribution < -0.4 is 0 Å². The molecule has 8 nitrogen and oxygen atoms in total. The van der Waals surface area contributed by atoms with Crippen molar-refractivity contribution in [2.75, 3.05) is 19.0 Å². The number of hydrogen-bond acceptors (Lipinski definition) is 7. The molecule has 9 heteroatoms. The maximum atomic E-state index is 13.1. The normalized spacial score (nSPS) is 29.7. The van der Waals surface area contributed by atoms with Crippen LogP contribution in [-0.2, 0) is 19.3 Å². The van der Waals surface area contributed by atoms with Gasteiger partial charge in [-0.2, -0.15) is 4.68 Å². The zero-order chi connectivity index (χ0) is 22.7. The van der Waals surface area contributed by atoms with Gasteiger partial charge in [0.25, 0.3) is 5.16 Å². The summed E-state index contributed by atoms with van der Waals surface area (Å²) in [5.41, 5.74) is 0.657. The van der Waals surface area contributed by atoms with Crippen LogP contribution in [0.3, 0.4) is 0 Å². The SMILES string of the molecule is O=S(=O)(CC1CCC(C2CCC(C3OCCCO3)CC2)CC1)c1nnnn1-c1ccccc1. The van der Waals surface area contributed by atoms with E-state index in [4.69, 9.17) is 9.47 Å². The summed E-state index contributed by atoms with van der Waals surface area (Å²) >= 11 is 0. The molecule has 0 atom stereocenters. The van der Waals surface area contributed by atoms with Gasteiger partial charge in [0, 0.05) is 5.92 Å². The van der Waals surface area contributed by atoms with E-state index < -0.39 is 9.84 Å². The van der Waals surface area contributed by atoms with Crippen molar-refractivity contribution < 1.29 is 17.9 Å². The number of para-hydroxylation sites is 1. The standard InChI is InChI=1S/C24H34N4O4S/c29-33(30,24-25-26-27-28(24)22-5-2-1-3-6-22)17-18-7-9-19(10-8-18)20-11-13-21(14-12-20)23-31-15-4-16-32-23/h1-3,5-6,18-21,23H,4,7-17H2. The van der Waals surface area contributed by atoms with Crippen LogP contribution in [0.2, 0.25) is 0 Å². The van der Waals surface area contributed by atoms with Crippen LogP contribution in [0.1, 0.15) is 57.8 Å². The average molecular weight is 475 g/mol. The average Bonchev–Trinajstić information content (AvgIpc) is 3.37. The Morgan fingerprint density at radius 1 is 0.848 bits per heavy atom. The minimum atomic E-state index is -3.56. The second-order valence-corrected chi connectivity index (χ2v) is 11.8. The van der Waals surface area contributed by atoms with Crippen molar-refractivity contribution in [3.8, 4) is 5.69 Å². The molecule has 1 aliphatic heterocycles. The third kappa shape index (κ3) is 5.30. The quantitative estimate of drug-likeness (QED) is 0.628. The lowest BCUT2D eigenvalue weighted by atomic mass is 9.69.